The van der Waals surface area contributed by atoms with Crippen molar-refractivity contribution >= 4 is 11.9 Å². The number of hydrogen-bond acceptors (Lipinski definition) is 4. The van der Waals surface area contributed by atoms with Crippen LogP contribution in [-0.2, 0) is 26.2 Å². The zero-order chi connectivity index (χ0) is 19.2. The van der Waals surface area contributed by atoms with E-state index in [1.807, 2.05) is 6.07 Å². The Bertz CT molecular complexity index is 782. The molecule has 2 fully saturated rings. The molecule has 1 aromatic rings. The molecule has 1 aliphatic heterocycles. The number of quaternary nitrogens is 1. The number of nitrogens with zero attached hydrogens (tertiary/aromatic N) is 1. The first-order valence-electron chi connectivity index (χ1n) is 10.1. The van der Waals surface area contributed by atoms with E-state index in [0.29, 0.717) is 24.4 Å². The Labute approximate surface area is 173 Å². The first-order valence-corrected chi connectivity index (χ1v) is 10.1. The average Bonchev–Trinajstić information content (AvgIpc) is 2.63. The number of carbonyl (C=O) groups is 2. The highest BCUT2D eigenvalue weighted by Crippen LogP contribution is 2.57. The smallest absolute Gasteiger partial charge is 0.308 e. The summed E-state index contributed by atoms with van der Waals surface area (Å²) < 4.78 is 11.7. The van der Waals surface area contributed by atoms with Crippen LogP contribution in [-0.4, -0.2) is 42.8 Å². The van der Waals surface area contributed by atoms with Crippen molar-refractivity contribution in [1.82, 2.24) is 0 Å². The maximum Gasteiger partial charge on any atom is 0.308 e. The number of carbonyl (C=O) groups excluding carboxylic acids is 2. The minimum atomic E-state index is -0.268. The van der Waals surface area contributed by atoms with Gasteiger partial charge >= 0.3 is 11.9 Å². The number of likely N-dealkylation sites (tertiary alicyclic amines) is 1. The molecule has 1 aromatic carbocycles. The molecule has 6 heteroatoms. The molecule has 1 heterocycles. The summed E-state index contributed by atoms with van der Waals surface area (Å²) in [5.41, 5.74) is 2.96. The summed E-state index contributed by atoms with van der Waals surface area (Å²) in [6.07, 6.45) is 7.07. The lowest BCUT2D eigenvalue weighted by molar-refractivity contribution is -0.959. The van der Waals surface area contributed by atoms with Crippen molar-refractivity contribution in [1.29, 1.82) is 0 Å². The van der Waals surface area contributed by atoms with E-state index in [9.17, 15) is 9.59 Å². The largest absolute Gasteiger partial charge is 1.00 e. The lowest BCUT2D eigenvalue weighted by Gasteiger charge is -2.60. The number of esters is 2. The molecule has 1 saturated carbocycles. The minimum absolute atomic E-state index is 0. The molecule has 0 N–H and O–H groups in total. The third-order valence-corrected chi connectivity index (χ3v) is 7.30. The molecule has 154 valence electrons. The number of rotatable bonds is 3. The molecule has 0 amide bonds. The number of halogens is 1. The first kappa shape index (κ1) is 21.1. The van der Waals surface area contributed by atoms with Crippen molar-refractivity contribution in [2.75, 3.05) is 20.3 Å². The fraction of sp³-hybridized carbons (Fsp3) is 0.636. The van der Waals surface area contributed by atoms with Crippen LogP contribution < -0.4 is 17.1 Å². The summed E-state index contributed by atoms with van der Waals surface area (Å²) in [5.74, 6) is 0.800. The highest BCUT2D eigenvalue weighted by atomic mass is 35.5. The van der Waals surface area contributed by atoms with E-state index in [1.54, 1.807) is 0 Å². The van der Waals surface area contributed by atoms with Crippen LogP contribution in [0.1, 0.15) is 57.1 Å². The van der Waals surface area contributed by atoms with Gasteiger partial charge in [-0.3, -0.25) is 14.1 Å². The Morgan fingerprint density at radius 3 is 2.68 bits per heavy atom. The highest BCUT2D eigenvalue weighted by molar-refractivity contribution is 5.69. The lowest BCUT2D eigenvalue weighted by atomic mass is 9.52. The van der Waals surface area contributed by atoms with Gasteiger partial charge in [0, 0.05) is 38.0 Å². The van der Waals surface area contributed by atoms with Crippen molar-refractivity contribution in [2.24, 2.45) is 5.92 Å². The van der Waals surface area contributed by atoms with Gasteiger partial charge in [0.2, 0.25) is 6.73 Å². The Hall–Kier alpha value is -1.59. The minimum Gasteiger partial charge on any atom is -1.00 e. The first-order chi connectivity index (χ1) is 12.8. The van der Waals surface area contributed by atoms with E-state index in [-0.39, 0.29) is 29.8 Å². The summed E-state index contributed by atoms with van der Waals surface area (Å²) in [6.45, 7) is 4.43. The van der Waals surface area contributed by atoms with Crippen molar-refractivity contribution < 1.29 is 36.0 Å². The number of likely N-dealkylation sites (N-methyl/N-ethyl adjacent to an activating group) is 1. The SMILES string of the molecule is CC(=O)OC[N@@+]1(C)CC[C@@]23CCCC[C@@H]2[C@@H]1Cc1ccc(OC(C)=O)cc13.[Cl-]. The van der Waals surface area contributed by atoms with Gasteiger partial charge in [0.15, 0.2) is 0 Å². The third-order valence-electron chi connectivity index (χ3n) is 7.30. The zero-order valence-electron chi connectivity index (χ0n) is 17.0. The van der Waals surface area contributed by atoms with E-state index in [1.165, 1.54) is 50.7 Å². The standard InChI is InChI=1S/C22H30NO4.ClH/c1-15(24)26-14-23(3)11-10-22-9-5-4-6-19(22)21(23)12-17-7-8-18(13-20(17)22)27-16(2)25;/h7-8,13,19,21H,4-6,9-12,14H2,1-3H3;1H/q+1;/p-1/t19-,21+,22+,23-;/m1./s1. The lowest BCUT2D eigenvalue weighted by Crippen LogP contribution is -3.00. The predicted octanol–water partition coefficient (Wildman–Crippen LogP) is 0.340. The van der Waals surface area contributed by atoms with Gasteiger partial charge in [0.25, 0.3) is 0 Å². The van der Waals surface area contributed by atoms with Gasteiger partial charge in [0.05, 0.1) is 19.6 Å². The second-order valence-corrected chi connectivity index (χ2v) is 8.91. The van der Waals surface area contributed by atoms with Gasteiger partial charge in [-0.25, -0.2) is 0 Å². The second kappa shape index (κ2) is 7.68. The number of hydrogen-bond donors (Lipinski definition) is 0. The van der Waals surface area contributed by atoms with Gasteiger partial charge in [-0.2, -0.15) is 0 Å². The topological polar surface area (TPSA) is 52.6 Å². The number of benzene rings is 1. The van der Waals surface area contributed by atoms with Crippen LogP contribution in [0, 0.1) is 5.92 Å². The van der Waals surface area contributed by atoms with Crippen LogP contribution in [0.15, 0.2) is 18.2 Å². The number of fused-ring (bicyclic) bond motifs is 1. The summed E-state index contributed by atoms with van der Waals surface area (Å²) in [7, 11) is 2.25. The van der Waals surface area contributed by atoms with E-state index >= 15 is 0 Å². The maximum atomic E-state index is 11.4. The van der Waals surface area contributed by atoms with Gasteiger partial charge in [-0.1, -0.05) is 18.9 Å². The number of piperidine rings is 1. The van der Waals surface area contributed by atoms with Crippen molar-refractivity contribution in [2.45, 2.75) is 63.8 Å². The molecule has 5 nitrogen and oxygen atoms in total. The van der Waals surface area contributed by atoms with Crippen molar-refractivity contribution in [3.63, 3.8) is 0 Å². The molecule has 3 aliphatic rings. The maximum absolute atomic E-state index is 11.4. The molecule has 28 heavy (non-hydrogen) atoms. The summed E-state index contributed by atoms with van der Waals surface area (Å²) in [4.78, 5) is 22.9. The Morgan fingerprint density at radius 2 is 1.96 bits per heavy atom. The highest BCUT2D eigenvalue weighted by Gasteiger charge is 2.59. The van der Waals surface area contributed by atoms with Crippen molar-refractivity contribution in [3.05, 3.63) is 29.3 Å². The summed E-state index contributed by atoms with van der Waals surface area (Å²) in [6, 6.07) is 6.68. The quantitative estimate of drug-likeness (QED) is 0.412. The summed E-state index contributed by atoms with van der Waals surface area (Å²) in [5, 5.41) is 0. The second-order valence-electron chi connectivity index (χ2n) is 8.91. The zero-order valence-corrected chi connectivity index (χ0v) is 17.8. The number of ether oxygens (including phenoxy) is 2. The van der Waals surface area contributed by atoms with E-state index < -0.39 is 0 Å². The molecule has 4 rings (SSSR count). The summed E-state index contributed by atoms with van der Waals surface area (Å²) >= 11 is 0. The fourth-order valence-corrected chi connectivity index (χ4v) is 6.07. The normalized spacial score (nSPS) is 33.0. The van der Waals surface area contributed by atoms with Crippen LogP contribution in [0.25, 0.3) is 0 Å². The molecule has 4 atom stereocenters. The molecule has 0 aromatic heterocycles. The molecule has 0 unspecified atom stereocenters. The molecule has 0 radical (unpaired) electrons. The molecular weight excluding hydrogens is 378 g/mol. The molecule has 2 aliphatic carbocycles. The van der Waals surface area contributed by atoms with E-state index in [0.717, 1.165) is 23.9 Å². The van der Waals surface area contributed by atoms with Crippen molar-refractivity contribution in [3.8, 4) is 5.75 Å². The van der Waals surface area contributed by atoms with E-state index in [4.69, 9.17) is 9.47 Å². The van der Waals surface area contributed by atoms with Gasteiger partial charge < -0.3 is 21.9 Å². The molecule has 0 spiro atoms. The Morgan fingerprint density at radius 1 is 1.18 bits per heavy atom. The van der Waals surface area contributed by atoms with E-state index in [2.05, 4.69) is 19.2 Å². The Kier molecular flexibility index (Phi) is 5.79. The molecule has 1 saturated heterocycles. The average molecular weight is 408 g/mol. The monoisotopic (exact) mass is 407 g/mol. The Balaban J connectivity index is 0.00000225. The molecular formula is C22H30ClNO4. The predicted molar refractivity (Wildman–Crippen MR) is 101 cm³/mol. The van der Waals surface area contributed by atoms with Crippen LogP contribution in [0.3, 0.4) is 0 Å². The van der Waals surface area contributed by atoms with Gasteiger partial charge in [-0.15, -0.1) is 0 Å². The van der Waals surface area contributed by atoms with Crippen LogP contribution in [0.5, 0.6) is 5.75 Å². The molecule has 2 bridgehead atoms. The van der Waals surface area contributed by atoms with Crippen LogP contribution in [0.2, 0.25) is 0 Å². The van der Waals surface area contributed by atoms with Gasteiger partial charge in [0.1, 0.15) is 5.75 Å². The third kappa shape index (κ3) is 3.43. The van der Waals surface area contributed by atoms with Crippen LogP contribution in [0.4, 0.5) is 0 Å². The van der Waals surface area contributed by atoms with Crippen LogP contribution >= 0.6 is 0 Å². The van der Waals surface area contributed by atoms with Gasteiger partial charge in [-0.05, 0) is 36.1 Å². The fourth-order valence-electron chi connectivity index (χ4n) is 6.07.